The molecule has 0 bridgehead atoms. The lowest BCUT2D eigenvalue weighted by Crippen LogP contribution is -2.62. The first-order chi connectivity index (χ1) is 28.8. The summed E-state index contributed by atoms with van der Waals surface area (Å²) >= 11 is 0. The third kappa shape index (κ3) is 12.3. The van der Waals surface area contributed by atoms with Crippen LogP contribution in [0.4, 0.5) is 0 Å². The van der Waals surface area contributed by atoms with E-state index in [0.29, 0.717) is 25.7 Å². The number of carbonyl (C=O) groups excluding carboxylic acids is 7. The highest BCUT2D eigenvalue weighted by atomic mass is 16.2. The van der Waals surface area contributed by atoms with Gasteiger partial charge in [0.25, 0.3) is 0 Å². The predicted octanol–water partition coefficient (Wildman–Crippen LogP) is -0.238. The number of H-pyrrole nitrogens is 1. The minimum absolute atomic E-state index is 0.0514. The number of hydrogen-bond acceptors (Lipinski definition) is 8. The van der Waals surface area contributed by atoms with Gasteiger partial charge in [-0.25, -0.2) is 0 Å². The van der Waals surface area contributed by atoms with Crippen molar-refractivity contribution in [2.45, 2.75) is 108 Å². The molecule has 18 heteroatoms. The molecule has 5 rings (SSSR count). The highest BCUT2D eigenvalue weighted by molar-refractivity contribution is 5.98. The van der Waals surface area contributed by atoms with Crippen LogP contribution in [0.2, 0.25) is 0 Å². The Labute approximate surface area is 348 Å². The zero-order chi connectivity index (χ0) is 43.2. The fourth-order valence-electron chi connectivity index (χ4n) is 7.60. The van der Waals surface area contributed by atoms with Gasteiger partial charge in [-0.15, -0.1) is 0 Å². The lowest BCUT2D eigenvalue weighted by molar-refractivity contribution is -0.143. The van der Waals surface area contributed by atoms with E-state index in [9.17, 15) is 33.6 Å². The van der Waals surface area contributed by atoms with Crippen molar-refractivity contribution in [3.8, 4) is 0 Å². The van der Waals surface area contributed by atoms with E-state index in [2.05, 4.69) is 41.9 Å². The highest BCUT2D eigenvalue weighted by Crippen LogP contribution is 2.22. The van der Waals surface area contributed by atoms with Crippen LogP contribution in [0.1, 0.15) is 69.9 Å². The van der Waals surface area contributed by atoms with Crippen LogP contribution < -0.4 is 43.4 Å². The van der Waals surface area contributed by atoms with Crippen LogP contribution >= 0.6 is 0 Å². The molecule has 2 saturated heterocycles. The van der Waals surface area contributed by atoms with Crippen molar-refractivity contribution >= 4 is 58.2 Å². The number of amides is 7. The van der Waals surface area contributed by atoms with Gasteiger partial charge in [0.1, 0.15) is 36.3 Å². The number of rotatable bonds is 14. The number of nitrogens with zero attached hydrogens (tertiary/aromatic N) is 2. The number of hydrogen-bond donors (Lipinski definition) is 9. The molecule has 2 aliphatic rings. The van der Waals surface area contributed by atoms with Gasteiger partial charge < -0.3 is 53.3 Å². The fourth-order valence-corrected chi connectivity index (χ4v) is 7.60. The van der Waals surface area contributed by atoms with Gasteiger partial charge in [0.2, 0.25) is 41.4 Å². The molecule has 1 aromatic heterocycles. The summed E-state index contributed by atoms with van der Waals surface area (Å²) in [6, 6.07) is 9.66. The summed E-state index contributed by atoms with van der Waals surface area (Å²) in [5.74, 6) is -4.43. The van der Waals surface area contributed by atoms with Gasteiger partial charge in [-0.3, -0.25) is 38.6 Å². The molecular weight excluding hydrogens is 771 g/mol. The molecule has 6 atom stereocenters. The first-order valence-corrected chi connectivity index (χ1v) is 20.6. The van der Waals surface area contributed by atoms with Gasteiger partial charge in [-0.1, -0.05) is 68.3 Å². The van der Waals surface area contributed by atoms with Crippen LogP contribution in [0.25, 0.3) is 10.9 Å². The molecule has 2 unspecified atom stereocenters. The lowest BCUT2D eigenvalue weighted by atomic mass is 10.0. The normalized spacial score (nSPS) is 22.1. The van der Waals surface area contributed by atoms with Gasteiger partial charge in [0.15, 0.2) is 5.96 Å². The Morgan fingerprint density at radius 1 is 0.867 bits per heavy atom. The number of unbranched alkanes of at least 4 members (excludes halogenated alkanes) is 1. The molecule has 18 nitrogen and oxygen atoms in total. The molecule has 0 saturated carbocycles. The number of carbonyl (C=O) groups is 7. The Morgan fingerprint density at radius 2 is 1.53 bits per heavy atom. The van der Waals surface area contributed by atoms with E-state index in [1.165, 1.54) is 11.8 Å². The second-order valence-electron chi connectivity index (χ2n) is 15.3. The van der Waals surface area contributed by atoms with Crippen LogP contribution in [0.3, 0.4) is 0 Å². The maximum Gasteiger partial charge on any atom is 0.247 e. The third-order valence-electron chi connectivity index (χ3n) is 10.7. The maximum absolute atomic E-state index is 14.4. The van der Waals surface area contributed by atoms with Crippen molar-refractivity contribution in [3.05, 3.63) is 71.9 Å². The molecule has 7 amide bonds. The number of benzene rings is 2. The van der Waals surface area contributed by atoms with E-state index in [-0.39, 0.29) is 51.2 Å². The van der Waals surface area contributed by atoms with Crippen LogP contribution in [0, 0.1) is 0 Å². The minimum atomic E-state index is -1.39. The molecule has 3 aromatic rings. The maximum atomic E-state index is 14.4. The zero-order valence-corrected chi connectivity index (χ0v) is 34.1. The first-order valence-electron chi connectivity index (χ1n) is 20.6. The average molecular weight is 828 g/mol. The van der Waals surface area contributed by atoms with Crippen molar-refractivity contribution < 1.29 is 33.6 Å². The fraction of sp³-hybridized carbons (Fsp3) is 0.476. The summed E-state index contributed by atoms with van der Waals surface area (Å²) in [4.78, 5) is 106. The van der Waals surface area contributed by atoms with Crippen LogP contribution in [0.15, 0.2) is 65.8 Å². The van der Waals surface area contributed by atoms with Crippen LogP contribution in [-0.2, 0) is 46.4 Å². The molecule has 2 fully saturated rings. The summed E-state index contributed by atoms with van der Waals surface area (Å²) in [5.41, 5.74) is 13.4. The van der Waals surface area contributed by atoms with E-state index < -0.39 is 84.1 Å². The largest absolute Gasteiger partial charge is 0.370 e. The molecule has 322 valence electrons. The Kier molecular flexibility index (Phi) is 16.0. The van der Waals surface area contributed by atoms with Crippen molar-refractivity contribution in [2.75, 3.05) is 19.6 Å². The number of fused-ring (bicyclic) bond motifs is 2. The van der Waals surface area contributed by atoms with Crippen LogP contribution in [0.5, 0.6) is 0 Å². The second kappa shape index (κ2) is 21.5. The molecule has 0 radical (unpaired) electrons. The lowest BCUT2D eigenvalue weighted by Gasteiger charge is -2.32. The van der Waals surface area contributed by atoms with Crippen LogP contribution in [-0.4, -0.2) is 113 Å². The first kappa shape index (κ1) is 44.6. The van der Waals surface area contributed by atoms with Gasteiger partial charge in [0.05, 0.1) is 0 Å². The van der Waals surface area contributed by atoms with E-state index in [4.69, 9.17) is 11.5 Å². The molecule has 0 spiro atoms. The Balaban J connectivity index is 1.50. The second-order valence-corrected chi connectivity index (χ2v) is 15.3. The summed E-state index contributed by atoms with van der Waals surface area (Å²) in [7, 11) is 0. The van der Waals surface area contributed by atoms with Gasteiger partial charge in [-0.2, -0.15) is 0 Å². The number of aromatic amines is 1. The molecule has 11 N–H and O–H groups in total. The standard InChI is InChI=1S/C42H57N11O7/c1-3-4-15-31-37(56)51-33(22-27-23-46-29-16-9-8-14-28(27)29)39(58)49-30(17-10-19-45-42(43)44)36(55)47-24-34(41(60)53-20-11-18-35(53)40(59)50-31)52-38(57)32(48-25(2)54)21-26-12-6-5-7-13-26/h5-9,12-14,16,23,30-35,46H,3-4,10-11,15,17-22,24H2,1-2H3,(H,47,55)(H,48,54)(H,49,58)(H,50,59)(H,51,56)(H,52,57)(H4,43,44,45)/t30-,31+,32-,33-,34?,35?/m0/s1. The number of aliphatic imine (C=N–C) groups is 1. The zero-order valence-electron chi connectivity index (χ0n) is 34.1. The predicted molar refractivity (Wildman–Crippen MR) is 225 cm³/mol. The Bertz CT molecular complexity index is 2030. The smallest absolute Gasteiger partial charge is 0.247 e. The summed E-state index contributed by atoms with van der Waals surface area (Å²) in [5, 5.41) is 17.5. The molecule has 2 aliphatic heterocycles. The SMILES string of the molecule is CCCC[C@H]1NC(=O)C2CCCN2C(=O)C(NC(=O)[C@H](Cc2ccccc2)NC(C)=O)CNC(=O)[C@H](CCCN=C(N)N)NC(=O)[C@H](Cc2c[nH]c3ccccc23)NC1=O. The minimum Gasteiger partial charge on any atom is -0.370 e. The quantitative estimate of drug-likeness (QED) is 0.0589. The summed E-state index contributed by atoms with van der Waals surface area (Å²) < 4.78 is 0. The number of nitrogens with one attached hydrogen (secondary N) is 7. The number of aromatic nitrogens is 1. The monoisotopic (exact) mass is 827 g/mol. The number of guanidine groups is 1. The molecule has 2 aromatic carbocycles. The topological polar surface area (TPSA) is 275 Å². The molecule has 0 aliphatic carbocycles. The van der Waals surface area contributed by atoms with Crippen molar-refractivity contribution in [1.29, 1.82) is 0 Å². The molecule has 60 heavy (non-hydrogen) atoms. The van der Waals surface area contributed by atoms with Gasteiger partial charge in [0, 0.05) is 56.5 Å². The van der Waals surface area contributed by atoms with Crippen molar-refractivity contribution in [3.63, 3.8) is 0 Å². The number of nitrogens with two attached hydrogens (primary N) is 2. The highest BCUT2D eigenvalue weighted by Gasteiger charge is 2.40. The van der Waals surface area contributed by atoms with Crippen molar-refractivity contribution in [2.24, 2.45) is 16.5 Å². The summed E-state index contributed by atoms with van der Waals surface area (Å²) in [6.45, 7) is 3.13. The van der Waals surface area contributed by atoms with E-state index in [0.717, 1.165) is 22.0 Å². The van der Waals surface area contributed by atoms with Gasteiger partial charge >= 0.3 is 0 Å². The number of para-hydroxylation sites is 1. The van der Waals surface area contributed by atoms with E-state index >= 15 is 0 Å². The Hall–Kier alpha value is -6.46. The van der Waals surface area contributed by atoms with E-state index in [1.54, 1.807) is 30.5 Å². The van der Waals surface area contributed by atoms with Crippen molar-refractivity contribution in [1.82, 2.24) is 41.8 Å². The Morgan fingerprint density at radius 3 is 2.27 bits per heavy atom. The summed E-state index contributed by atoms with van der Waals surface area (Å²) in [6.07, 6.45) is 4.57. The average Bonchev–Trinajstić information content (AvgIpc) is 3.89. The molecule has 3 heterocycles. The van der Waals surface area contributed by atoms with Gasteiger partial charge in [-0.05, 0) is 49.3 Å². The van der Waals surface area contributed by atoms with E-state index in [1.807, 2.05) is 37.3 Å². The third-order valence-corrected chi connectivity index (χ3v) is 10.7. The molecular formula is C42H57N11O7.